The highest BCUT2D eigenvalue weighted by Crippen LogP contribution is 2.39. The van der Waals surface area contributed by atoms with Crippen molar-refractivity contribution in [1.29, 1.82) is 0 Å². The topological polar surface area (TPSA) is 85.9 Å². The second-order valence-electron chi connectivity index (χ2n) is 9.36. The average Bonchev–Trinajstić information content (AvgIpc) is 3.24. The molecule has 2 N–H and O–H groups in total. The minimum atomic E-state index is -0.632. The van der Waals surface area contributed by atoms with Crippen LogP contribution < -0.4 is 10.6 Å². The lowest BCUT2D eigenvalue weighted by atomic mass is 9.77. The number of amides is 2. The summed E-state index contributed by atoms with van der Waals surface area (Å²) < 4.78 is 17.8. The molecule has 8 heteroatoms. The summed E-state index contributed by atoms with van der Waals surface area (Å²) in [4.78, 5) is 24.0. The van der Waals surface area contributed by atoms with Gasteiger partial charge in [0, 0.05) is 12.2 Å². The van der Waals surface area contributed by atoms with Gasteiger partial charge >= 0.3 is 13.2 Å². The predicted octanol–water partition coefficient (Wildman–Crippen LogP) is 4.12. The monoisotopic (exact) mass is 448 g/mol. The third-order valence-electron chi connectivity index (χ3n) is 6.32. The van der Waals surface area contributed by atoms with E-state index in [2.05, 4.69) is 10.6 Å². The fraction of sp³-hybridized carbons (Fsp3) is 0.360. The van der Waals surface area contributed by atoms with Crippen molar-refractivity contribution in [3.8, 4) is 0 Å². The molecular weight excluding hydrogens is 419 g/mol. The van der Waals surface area contributed by atoms with Crippen molar-refractivity contribution >= 4 is 30.9 Å². The summed E-state index contributed by atoms with van der Waals surface area (Å²) in [6, 6.07) is 15.3. The van der Waals surface area contributed by atoms with E-state index in [0.717, 1.165) is 27.9 Å². The van der Waals surface area contributed by atoms with E-state index in [0.29, 0.717) is 6.42 Å². The van der Waals surface area contributed by atoms with E-state index < -0.39 is 24.4 Å². The van der Waals surface area contributed by atoms with Crippen LogP contribution in [0, 0.1) is 0 Å². The molecule has 1 saturated heterocycles. The lowest BCUT2D eigenvalue weighted by Gasteiger charge is -2.32. The zero-order valence-electron chi connectivity index (χ0n) is 19.4. The predicted molar refractivity (Wildman–Crippen MR) is 127 cm³/mol. The van der Waals surface area contributed by atoms with Crippen molar-refractivity contribution in [3.05, 3.63) is 70.7 Å². The van der Waals surface area contributed by atoms with E-state index in [1.54, 1.807) is 0 Å². The summed E-state index contributed by atoms with van der Waals surface area (Å²) in [5.74, 6) is -0.0138. The van der Waals surface area contributed by atoms with Gasteiger partial charge in [-0.2, -0.15) is 0 Å². The van der Waals surface area contributed by atoms with Crippen LogP contribution in [0.25, 0.3) is 6.08 Å². The number of ether oxygens (including phenoxy) is 1. The van der Waals surface area contributed by atoms with Gasteiger partial charge in [-0.05, 0) is 55.9 Å². The summed E-state index contributed by atoms with van der Waals surface area (Å²) in [6.07, 6.45) is 1.78. The van der Waals surface area contributed by atoms with Gasteiger partial charge in [-0.25, -0.2) is 4.79 Å². The molecule has 4 rings (SSSR count). The number of benzene rings is 2. The van der Waals surface area contributed by atoms with E-state index in [1.807, 2.05) is 82.3 Å². The minimum Gasteiger partial charge on any atom is -0.445 e. The molecule has 0 aliphatic carbocycles. The van der Waals surface area contributed by atoms with Crippen molar-refractivity contribution in [1.82, 2.24) is 5.32 Å². The Morgan fingerprint density at radius 1 is 1.12 bits per heavy atom. The van der Waals surface area contributed by atoms with Gasteiger partial charge < -0.3 is 24.7 Å². The Kier molecular flexibility index (Phi) is 6.32. The fourth-order valence-electron chi connectivity index (χ4n) is 3.68. The van der Waals surface area contributed by atoms with Crippen LogP contribution in [-0.2, 0) is 31.9 Å². The first-order valence-corrected chi connectivity index (χ1v) is 11.1. The third kappa shape index (κ3) is 5.29. The van der Waals surface area contributed by atoms with E-state index in [4.69, 9.17) is 14.0 Å². The lowest BCUT2D eigenvalue weighted by Crippen LogP contribution is -2.41. The Balaban J connectivity index is 1.50. The smallest absolute Gasteiger partial charge is 0.445 e. The Bertz CT molecular complexity index is 1070. The molecule has 2 aromatic rings. The van der Waals surface area contributed by atoms with Crippen LogP contribution in [0.1, 0.15) is 44.4 Å². The first kappa shape index (κ1) is 23.1. The highest BCUT2D eigenvalue weighted by molar-refractivity contribution is 6.56. The zero-order chi connectivity index (χ0) is 23.6. The van der Waals surface area contributed by atoms with E-state index in [-0.39, 0.29) is 19.1 Å². The molecule has 2 aliphatic heterocycles. The van der Waals surface area contributed by atoms with Gasteiger partial charge in [0.1, 0.15) is 6.61 Å². The molecule has 33 heavy (non-hydrogen) atoms. The Labute approximate surface area is 194 Å². The second-order valence-corrected chi connectivity index (χ2v) is 9.36. The highest BCUT2D eigenvalue weighted by atomic mass is 16.7. The molecule has 0 atom stereocenters. The summed E-state index contributed by atoms with van der Waals surface area (Å²) in [6.45, 7) is 8.31. The van der Waals surface area contributed by atoms with Crippen LogP contribution in [0.2, 0.25) is 0 Å². The number of carbonyl (C=O) groups excluding carboxylic acids is 2. The Morgan fingerprint density at radius 3 is 2.52 bits per heavy atom. The first-order valence-electron chi connectivity index (χ1n) is 11.1. The number of hydrogen-bond acceptors (Lipinski definition) is 5. The van der Waals surface area contributed by atoms with E-state index >= 15 is 0 Å². The van der Waals surface area contributed by atoms with Crippen molar-refractivity contribution < 1.29 is 23.6 Å². The maximum atomic E-state index is 12.3. The van der Waals surface area contributed by atoms with Gasteiger partial charge in [0.2, 0.25) is 5.91 Å². The van der Waals surface area contributed by atoms with Crippen LogP contribution in [0.15, 0.2) is 54.0 Å². The molecule has 0 bridgehead atoms. The Morgan fingerprint density at radius 2 is 1.82 bits per heavy atom. The molecule has 2 amide bonds. The van der Waals surface area contributed by atoms with Crippen LogP contribution >= 0.6 is 0 Å². The SMILES string of the molecule is CC1(C)OB(C(=Cc2ccc3c(c2)NC(=O)C3)CNC(=O)OCc2ccccc2)OC1(C)C. The van der Waals surface area contributed by atoms with Crippen molar-refractivity contribution in [2.45, 2.75) is 51.9 Å². The van der Waals surface area contributed by atoms with Crippen LogP contribution in [0.3, 0.4) is 0 Å². The van der Waals surface area contributed by atoms with Gasteiger partial charge in [-0.1, -0.05) is 48.5 Å². The molecule has 2 aliphatic rings. The first-order chi connectivity index (χ1) is 15.6. The molecule has 2 heterocycles. The van der Waals surface area contributed by atoms with Crippen molar-refractivity contribution in [2.24, 2.45) is 0 Å². The fourth-order valence-corrected chi connectivity index (χ4v) is 3.68. The molecule has 172 valence electrons. The largest absolute Gasteiger partial charge is 0.492 e. The minimum absolute atomic E-state index is 0.0138. The maximum absolute atomic E-state index is 12.3. The number of alkyl carbamates (subject to hydrolysis) is 1. The van der Waals surface area contributed by atoms with Crippen molar-refractivity contribution in [2.75, 3.05) is 11.9 Å². The van der Waals surface area contributed by atoms with Crippen molar-refractivity contribution in [3.63, 3.8) is 0 Å². The van der Waals surface area contributed by atoms with Gasteiger partial charge in [0.05, 0.1) is 17.6 Å². The summed E-state index contributed by atoms with van der Waals surface area (Å²) in [5.41, 5.74) is 3.27. The second kappa shape index (κ2) is 9.04. The molecular formula is C25H29BN2O5. The normalized spacial score (nSPS) is 18.6. The molecule has 1 fully saturated rings. The number of fused-ring (bicyclic) bond motifs is 1. The Hall–Kier alpha value is -3.10. The molecule has 0 spiro atoms. The molecule has 0 aromatic heterocycles. The van der Waals surface area contributed by atoms with E-state index in [1.165, 1.54) is 0 Å². The molecule has 7 nitrogen and oxygen atoms in total. The van der Waals surface area contributed by atoms with Gasteiger partial charge in [-0.15, -0.1) is 0 Å². The van der Waals surface area contributed by atoms with E-state index in [9.17, 15) is 9.59 Å². The third-order valence-corrected chi connectivity index (χ3v) is 6.32. The van der Waals surface area contributed by atoms with Crippen LogP contribution in [-0.4, -0.2) is 36.9 Å². The van der Waals surface area contributed by atoms with Crippen LogP contribution in [0.4, 0.5) is 10.5 Å². The quantitative estimate of drug-likeness (QED) is 0.650. The number of nitrogens with one attached hydrogen (secondary N) is 2. The van der Waals surface area contributed by atoms with Gasteiger partial charge in [-0.3, -0.25) is 4.79 Å². The number of anilines is 1. The lowest BCUT2D eigenvalue weighted by molar-refractivity contribution is -0.115. The molecule has 0 unspecified atom stereocenters. The summed E-state index contributed by atoms with van der Waals surface area (Å²) >= 11 is 0. The zero-order valence-corrected chi connectivity index (χ0v) is 19.4. The summed E-state index contributed by atoms with van der Waals surface area (Å²) in [5, 5.41) is 5.67. The molecule has 2 aromatic carbocycles. The number of carbonyl (C=O) groups is 2. The standard InChI is InChI=1S/C25H29BN2O5/c1-24(2)25(3,4)33-26(32-24)20(12-18-10-11-19-14-22(29)28-21(19)13-18)15-27-23(30)31-16-17-8-6-5-7-9-17/h5-13H,14-16H2,1-4H3,(H,27,30)(H,28,29). The van der Waals surface area contributed by atoms with Crippen LogP contribution in [0.5, 0.6) is 0 Å². The molecule has 0 radical (unpaired) electrons. The molecule has 0 saturated carbocycles. The summed E-state index contributed by atoms with van der Waals surface area (Å²) in [7, 11) is -0.632. The maximum Gasteiger partial charge on any atom is 0.492 e. The number of hydrogen-bond donors (Lipinski definition) is 2. The highest BCUT2D eigenvalue weighted by Gasteiger charge is 2.52. The average molecular weight is 448 g/mol. The van der Waals surface area contributed by atoms with Gasteiger partial charge in [0.15, 0.2) is 0 Å². The number of rotatable bonds is 6. The van der Waals surface area contributed by atoms with Gasteiger partial charge in [0.25, 0.3) is 0 Å².